The molecule has 2 aromatic rings. The van der Waals surface area contributed by atoms with Crippen LogP contribution in [0, 0.1) is 0 Å². The molecule has 3 rings (SSSR count). The molecule has 0 aliphatic heterocycles. The van der Waals surface area contributed by atoms with Crippen LogP contribution in [0.4, 0.5) is 5.69 Å². The van der Waals surface area contributed by atoms with Gasteiger partial charge in [-0.25, -0.2) is 9.98 Å². The van der Waals surface area contributed by atoms with Gasteiger partial charge in [-0.2, -0.15) is 0 Å². The van der Waals surface area contributed by atoms with Crippen LogP contribution in [-0.4, -0.2) is 10.9 Å². The lowest BCUT2D eigenvalue weighted by Crippen LogP contribution is -2.22. The first-order chi connectivity index (χ1) is 10.6. The van der Waals surface area contributed by atoms with Gasteiger partial charge in [0.25, 0.3) is 0 Å². The Balaban J connectivity index is 1.60. The molecule has 4 nitrogen and oxygen atoms in total. The molecule has 1 aromatic heterocycles. The predicted octanol–water partition coefficient (Wildman–Crippen LogP) is 4.07. The van der Waals surface area contributed by atoms with Crippen molar-refractivity contribution >= 4 is 23.0 Å². The number of benzene rings is 1. The van der Waals surface area contributed by atoms with Crippen LogP contribution >= 0.6 is 11.3 Å². The van der Waals surface area contributed by atoms with Crippen molar-refractivity contribution in [2.75, 3.05) is 5.32 Å². The quantitative estimate of drug-likeness (QED) is 0.646. The maximum absolute atomic E-state index is 5.97. The molecule has 1 aromatic carbocycles. The van der Waals surface area contributed by atoms with E-state index in [1.807, 2.05) is 12.1 Å². The van der Waals surface area contributed by atoms with E-state index in [2.05, 4.69) is 46.7 Å². The van der Waals surface area contributed by atoms with Crippen molar-refractivity contribution in [3.05, 3.63) is 45.9 Å². The van der Waals surface area contributed by atoms with E-state index in [9.17, 15) is 0 Å². The summed E-state index contributed by atoms with van der Waals surface area (Å²) in [6, 6.07) is 8.27. The summed E-state index contributed by atoms with van der Waals surface area (Å²) in [5, 5.41) is 6.34. The highest BCUT2D eigenvalue weighted by atomic mass is 32.1. The monoisotopic (exact) mass is 314 g/mol. The Bertz CT molecular complexity index is 671. The zero-order chi connectivity index (χ0) is 15.5. The summed E-state index contributed by atoms with van der Waals surface area (Å²) in [5.74, 6) is 1.63. The zero-order valence-corrected chi connectivity index (χ0v) is 13.9. The second kappa shape index (κ2) is 6.48. The van der Waals surface area contributed by atoms with Crippen molar-refractivity contribution in [2.24, 2.45) is 10.7 Å². The Hall–Kier alpha value is -1.88. The normalized spacial score (nSPS) is 15.3. The second-order valence-corrected chi connectivity index (χ2v) is 6.99. The molecule has 0 amide bonds. The largest absolute Gasteiger partial charge is 0.370 e. The third kappa shape index (κ3) is 3.85. The van der Waals surface area contributed by atoms with Gasteiger partial charge < -0.3 is 11.1 Å². The van der Waals surface area contributed by atoms with E-state index in [4.69, 9.17) is 5.73 Å². The molecule has 22 heavy (non-hydrogen) atoms. The highest BCUT2D eigenvalue weighted by molar-refractivity contribution is 7.09. The van der Waals surface area contributed by atoms with Gasteiger partial charge in [-0.1, -0.05) is 26.0 Å². The van der Waals surface area contributed by atoms with Crippen molar-refractivity contribution in [3.63, 3.8) is 0 Å². The van der Waals surface area contributed by atoms with Crippen LogP contribution in [0.25, 0.3) is 0 Å². The molecule has 1 aliphatic rings. The third-order valence-electron chi connectivity index (χ3n) is 3.78. The smallest absolute Gasteiger partial charge is 0.193 e. The Labute approximate surface area is 135 Å². The SMILES string of the molecule is CC(C)c1cccc(NC(N)=NCc2nc(C3CC3)cs2)c1. The number of aliphatic imine (C=N–C) groups is 1. The lowest BCUT2D eigenvalue weighted by Gasteiger charge is -2.09. The van der Waals surface area contributed by atoms with E-state index >= 15 is 0 Å². The van der Waals surface area contributed by atoms with Crippen molar-refractivity contribution in [1.82, 2.24) is 4.98 Å². The van der Waals surface area contributed by atoms with Crippen molar-refractivity contribution in [3.8, 4) is 0 Å². The molecule has 1 heterocycles. The van der Waals surface area contributed by atoms with Crippen LogP contribution in [0.15, 0.2) is 34.6 Å². The van der Waals surface area contributed by atoms with Gasteiger partial charge in [-0.3, -0.25) is 0 Å². The van der Waals surface area contributed by atoms with Gasteiger partial charge in [0.05, 0.1) is 12.2 Å². The van der Waals surface area contributed by atoms with Crippen LogP contribution in [0.2, 0.25) is 0 Å². The number of rotatable bonds is 5. The molecule has 116 valence electrons. The minimum absolute atomic E-state index is 0.434. The zero-order valence-electron chi connectivity index (χ0n) is 13.0. The number of hydrogen-bond acceptors (Lipinski definition) is 3. The molecule has 0 unspecified atom stereocenters. The molecular weight excluding hydrogens is 292 g/mol. The average molecular weight is 314 g/mol. The van der Waals surface area contributed by atoms with Crippen molar-refractivity contribution < 1.29 is 0 Å². The van der Waals surface area contributed by atoms with E-state index in [1.165, 1.54) is 24.1 Å². The first-order valence-corrected chi connectivity index (χ1v) is 8.61. The van der Waals surface area contributed by atoms with Gasteiger partial charge >= 0.3 is 0 Å². The topological polar surface area (TPSA) is 63.3 Å². The molecule has 0 saturated heterocycles. The lowest BCUT2D eigenvalue weighted by atomic mass is 10.0. The summed E-state index contributed by atoms with van der Waals surface area (Å²) in [6.07, 6.45) is 2.56. The maximum atomic E-state index is 5.97. The Kier molecular flexibility index (Phi) is 4.43. The highest BCUT2D eigenvalue weighted by Crippen LogP contribution is 2.40. The number of guanidine groups is 1. The fourth-order valence-electron chi connectivity index (χ4n) is 2.28. The molecule has 0 radical (unpaired) electrons. The van der Waals surface area contributed by atoms with Gasteiger partial charge in [0.2, 0.25) is 0 Å². The number of nitrogens with zero attached hydrogens (tertiary/aromatic N) is 2. The molecule has 5 heteroatoms. The van der Waals surface area contributed by atoms with Crippen LogP contribution in [0.1, 0.15) is 54.8 Å². The molecular formula is C17H22N4S. The molecule has 0 bridgehead atoms. The molecule has 1 fully saturated rings. The maximum Gasteiger partial charge on any atom is 0.193 e. The Morgan fingerprint density at radius 3 is 3.00 bits per heavy atom. The fourth-order valence-corrected chi connectivity index (χ4v) is 3.08. The summed E-state index contributed by atoms with van der Waals surface area (Å²) in [7, 11) is 0. The van der Waals surface area contributed by atoms with Gasteiger partial charge in [-0.05, 0) is 36.5 Å². The minimum atomic E-state index is 0.434. The summed E-state index contributed by atoms with van der Waals surface area (Å²) >= 11 is 1.67. The number of hydrogen-bond donors (Lipinski definition) is 2. The summed E-state index contributed by atoms with van der Waals surface area (Å²) in [5.41, 5.74) is 9.46. The number of thiazole rings is 1. The number of nitrogens with one attached hydrogen (secondary N) is 1. The summed E-state index contributed by atoms with van der Waals surface area (Å²) in [6.45, 7) is 4.90. The second-order valence-electron chi connectivity index (χ2n) is 6.05. The predicted molar refractivity (Wildman–Crippen MR) is 93.6 cm³/mol. The summed E-state index contributed by atoms with van der Waals surface area (Å²) < 4.78 is 0. The highest BCUT2D eigenvalue weighted by Gasteiger charge is 2.25. The third-order valence-corrected chi connectivity index (χ3v) is 4.63. The Morgan fingerprint density at radius 1 is 1.45 bits per heavy atom. The Morgan fingerprint density at radius 2 is 2.27 bits per heavy atom. The van der Waals surface area contributed by atoms with E-state index < -0.39 is 0 Å². The number of anilines is 1. The minimum Gasteiger partial charge on any atom is -0.370 e. The van der Waals surface area contributed by atoms with Crippen LogP contribution in [0.3, 0.4) is 0 Å². The lowest BCUT2D eigenvalue weighted by molar-refractivity contribution is 0.867. The van der Waals surface area contributed by atoms with Gasteiger partial charge in [0, 0.05) is 17.0 Å². The number of nitrogens with two attached hydrogens (primary N) is 1. The van der Waals surface area contributed by atoms with Crippen LogP contribution in [0.5, 0.6) is 0 Å². The van der Waals surface area contributed by atoms with Crippen LogP contribution in [-0.2, 0) is 6.54 Å². The van der Waals surface area contributed by atoms with Gasteiger partial charge in [0.1, 0.15) is 5.01 Å². The summed E-state index contributed by atoms with van der Waals surface area (Å²) in [4.78, 5) is 9.01. The van der Waals surface area contributed by atoms with Crippen molar-refractivity contribution in [1.29, 1.82) is 0 Å². The molecule has 1 aliphatic carbocycles. The van der Waals surface area contributed by atoms with Crippen LogP contribution < -0.4 is 11.1 Å². The molecule has 3 N–H and O–H groups in total. The van der Waals surface area contributed by atoms with Gasteiger partial charge in [-0.15, -0.1) is 11.3 Å². The fraction of sp³-hybridized carbons (Fsp3) is 0.412. The molecule has 1 saturated carbocycles. The first kappa shape index (κ1) is 15.0. The average Bonchev–Trinajstić information content (AvgIpc) is 3.24. The van der Waals surface area contributed by atoms with E-state index in [0.717, 1.165) is 10.7 Å². The van der Waals surface area contributed by atoms with E-state index in [0.29, 0.717) is 24.3 Å². The first-order valence-electron chi connectivity index (χ1n) is 7.73. The molecule has 0 spiro atoms. The van der Waals surface area contributed by atoms with Crippen molar-refractivity contribution in [2.45, 2.75) is 45.1 Å². The van der Waals surface area contributed by atoms with E-state index in [-0.39, 0.29) is 0 Å². The number of aromatic nitrogens is 1. The molecule has 0 atom stereocenters. The van der Waals surface area contributed by atoms with E-state index in [1.54, 1.807) is 11.3 Å². The van der Waals surface area contributed by atoms with Gasteiger partial charge in [0.15, 0.2) is 5.96 Å². The standard InChI is InChI=1S/C17H22N4S/c1-11(2)13-4-3-5-14(8-13)20-17(18)19-9-16-21-15(10-22-16)12-6-7-12/h3-5,8,10-12H,6-7,9H2,1-2H3,(H3,18,19,20).